The fourth-order valence-electron chi connectivity index (χ4n) is 4.49. The molecule has 4 rings (SSSR count). The molecule has 0 saturated carbocycles. The Kier molecular flexibility index (Phi) is 8.28. The van der Waals surface area contributed by atoms with Crippen molar-refractivity contribution in [3.63, 3.8) is 0 Å². The number of carbonyl (C=O) groups is 1. The Morgan fingerprint density at radius 2 is 2.06 bits per heavy atom. The standard InChI is InChI=1S/C28H32N2O4.ClH/c1-19-15-20(2)24-9-10-28(4,34-27(24)21(19)3)11-14-33-25-16-22(17-30-13-12-29-18-30)5-6-23(25)7-8-26(31)32;/h5-8,12-13,15-16,18H,9-11,14,17H2,1-4H3,(H,31,32);1H. The molecule has 1 unspecified atom stereocenters. The lowest BCUT2D eigenvalue weighted by atomic mass is 9.86. The van der Waals surface area contributed by atoms with Gasteiger partial charge in [-0.25, -0.2) is 9.78 Å². The summed E-state index contributed by atoms with van der Waals surface area (Å²) in [4.78, 5) is 15.1. The fourth-order valence-corrected chi connectivity index (χ4v) is 4.49. The minimum absolute atomic E-state index is 0. The van der Waals surface area contributed by atoms with Gasteiger partial charge in [0.1, 0.15) is 17.1 Å². The van der Waals surface area contributed by atoms with Crippen LogP contribution >= 0.6 is 12.4 Å². The van der Waals surface area contributed by atoms with E-state index >= 15 is 0 Å². The van der Waals surface area contributed by atoms with Crippen molar-refractivity contribution in [2.45, 2.75) is 59.1 Å². The Balaban J connectivity index is 0.00000342. The average Bonchev–Trinajstić information content (AvgIpc) is 3.30. The van der Waals surface area contributed by atoms with E-state index in [1.165, 1.54) is 22.3 Å². The lowest BCUT2D eigenvalue weighted by Crippen LogP contribution is -2.38. The van der Waals surface area contributed by atoms with Crippen molar-refractivity contribution < 1.29 is 19.4 Å². The van der Waals surface area contributed by atoms with Crippen LogP contribution in [0.3, 0.4) is 0 Å². The first kappa shape index (κ1) is 26.4. The number of carboxylic acid groups (broad SMARTS) is 1. The third-order valence-corrected chi connectivity index (χ3v) is 6.66. The first-order chi connectivity index (χ1) is 16.2. The van der Waals surface area contributed by atoms with Crippen LogP contribution in [0.25, 0.3) is 6.08 Å². The molecule has 1 aliphatic heterocycles. The van der Waals surface area contributed by atoms with Gasteiger partial charge in [0.25, 0.3) is 0 Å². The van der Waals surface area contributed by atoms with Gasteiger partial charge >= 0.3 is 5.97 Å². The van der Waals surface area contributed by atoms with E-state index in [4.69, 9.17) is 14.6 Å². The second kappa shape index (κ2) is 11.0. The van der Waals surface area contributed by atoms with Crippen LogP contribution in [0.15, 0.2) is 49.1 Å². The number of aliphatic carboxylic acids is 1. The van der Waals surface area contributed by atoms with Crippen LogP contribution in [-0.2, 0) is 17.8 Å². The van der Waals surface area contributed by atoms with Crippen LogP contribution in [0.4, 0.5) is 0 Å². The van der Waals surface area contributed by atoms with Crippen molar-refractivity contribution in [2.24, 2.45) is 0 Å². The van der Waals surface area contributed by atoms with Gasteiger partial charge in [-0.3, -0.25) is 0 Å². The molecule has 0 amide bonds. The lowest BCUT2D eigenvalue weighted by Gasteiger charge is -2.37. The smallest absolute Gasteiger partial charge is 0.328 e. The molecule has 0 saturated heterocycles. The predicted octanol–water partition coefficient (Wildman–Crippen LogP) is 5.93. The summed E-state index contributed by atoms with van der Waals surface area (Å²) in [5, 5.41) is 9.06. The molecule has 0 radical (unpaired) electrons. The van der Waals surface area contributed by atoms with Crippen molar-refractivity contribution in [3.8, 4) is 11.5 Å². The molecule has 1 N–H and O–H groups in total. The Labute approximate surface area is 213 Å². The summed E-state index contributed by atoms with van der Waals surface area (Å²) < 4.78 is 14.8. The largest absolute Gasteiger partial charge is 0.493 e. The number of benzene rings is 2. The van der Waals surface area contributed by atoms with Crippen LogP contribution in [0.1, 0.15) is 53.1 Å². The highest BCUT2D eigenvalue weighted by molar-refractivity contribution is 5.86. The maximum Gasteiger partial charge on any atom is 0.328 e. The molecule has 0 bridgehead atoms. The number of hydrogen-bond acceptors (Lipinski definition) is 4. The third kappa shape index (κ3) is 6.25. The number of halogens is 1. The Morgan fingerprint density at radius 1 is 1.26 bits per heavy atom. The van der Waals surface area contributed by atoms with Crippen molar-refractivity contribution in [2.75, 3.05) is 6.61 Å². The fraction of sp³-hybridized carbons (Fsp3) is 0.357. The van der Waals surface area contributed by atoms with Crippen LogP contribution in [-0.4, -0.2) is 32.8 Å². The molecule has 3 aromatic rings. The van der Waals surface area contributed by atoms with Gasteiger partial charge in [-0.1, -0.05) is 18.2 Å². The molecular weight excluding hydrogens is 464 g/mol. The molecule has 7 heteroatoms. The lowest BCUT2D eigenvalue weighted by molar-refractivity contribution is -0.131. The van der Waals surface area contributed by atoms with Gasteiger partial charge < -0.3 is 19.1 Å². The number of aryl methyl sites for hydroxylation is 2. The normalized spacial score (nSPS) is 16.9. The van der Waals surface area contributed by atoms with Gasteiger partial charge in [0.15, 0.2) is 0 Å². The van der Waals surface area contributed by atoms with Gasteiger partial charge in [0.2, 0.25) is 0 Å². The summed E-state index contributed by atoms with van der Waals surface area (Å²) in [5.74, 6) is 0.702. The number of ether oxygens (including phenoxy) is 2. The quantitative estimate of drug-likeness (QED) is 0.391. The van der Waals surface area contributed by atoms with Gasteiger partial charge in [-0.15, -0.1) is 12.4 Å². The van der Waals surface area contributed by atoms with Crippen molar-refractivity contribution >= 4 is 24.5 Å². The molecule has 1 atom stereocenters. The number of rotatable bonds is 8. The zero-order valence-corrected chi connectivity index (χ0v) is 21.5. The molecular formula is C28H33ClN2O4. The number of imidazole rings is 1. The first-order valence-electron chi connectivity index (χ1n) is 11.7. The molecule has 1 aliphatic rings. The SMILES string of the molecule is Cc1cc(C)c2c(c1C)OC(C)(CCOc1cc(Cn3ccnc3)ccc1C=CC(=O)O)CC2.Cl. The molecule has 6 nitrogen and oxygen atoms in total. The van der Waals surface area contributed by atoms with Gasteiger partial charge in [0, 0.05) is 37.0 Å². The maximum atomic E-state index is 11.0. The molecule has 2 heterocycles. The summed E-state index contributed by atoms with van der Waals surface area (Å²) in [7, 11) is 0. The van der Waals surface area contributed by atoms with E-state index in [0.717, 1.165) is 42.2 Å². The number of fused-ring (bicyclic) bond motifs is 1. The minimum atomic E-state index is -0.990. The van der Waals surface area contributed by atoms with E-state index in [-0.39, 0.29) is 18.0 Å². The van der Waals surface area contributed by atoms with E-state index < -0.39 is 5.97 Å². The zero-order valence-electron chi connectivity index (χ0n) is 20.7. The second-order valence-corrected chi connectivity index (χ2v) is 9.37. The third-order valence-electron chi connectivity index (χ3n) is 6.66. The number of nitrogens with zero attached hydrogens (tertiary/aromatic N) is 2. The van der Waals surface area contributed by atoms with Gasteiger partial charge in [0.05, 0.1) is 12.9 Å². The summed E-state index contributed by atoms with van der Waals surface area (Å²) in [6, 6.07) is 8.08. The van der Waals surface area contributed by atoms with Crippen molar-refractivity contribution in [1.29, 1.82) is 0 Å². The highest BCUT2D eigenvalue weighted by Gasteiger charge is 2.33. The monoisotopic (exact) mass is 496 g/mol. The molecule has 2 aromatic carbocycles. The van der Waals surface area contributed by atoms with E-state index in [1.54, 1.807) is 18.6 Å². The summed E-state index contributed by atoms with van der Waals surface area (Å²) in [6.07, 6.45) is 10.8. The molecule has 35 heavy (non-hydrogen) atoms. The average molecular weight is 497 g/mol. The highest BCUT2D eigenvalue weighted by atomic mass is 35.5. The zero-order chi connectivity index (χ0) is 24.3. The number of carboxylic acids is 1. The summed E-state index contributed by atoms with van der Waals surface area (Å²) in [6.45, 7) is 9.69. The number of aromatic nitrogens is 2. The Bertz CT molecular complexity index is 1220. The van der Waals surface area contributed by atoms with Gasteiger partial charge in [-0.2, -0.15) is 0 Å². The molecule has 0 aliphatic carbocycles. The molecule has 186 valence electrons. The van der Waals surface area contributed by atoms with E-state index in [1.807, 2.05) is 29.0 Å². The Morgan fingerprint density at radius 3 is 2.77 bits per heavy atom. The Hall–Kier alpha value is -3.25. The minimum Gasteiger partial charge on any atom is -0.493 e. The van der Waals surface area contributed by atoms with Crippen LogP contribution < -0.4 is 9.47 Å². The first-order valence-corrected chi connectivity index (χ1v) is 11.7. The van der Waals surface area contributed by atoms with E-state index in [0.29, 0.717) is 18.9 Å². The topological polar surface area (TPSA) is 73.6 Å². The summed E-state index contributed by atoms with van der Waals surface area (Å²) >= 11 is 0. The predicted molar refractivity (Wildman–Crippen MR) is 140 cm³/mol. The summed E-state index contributed by atoms with van der Waals surface area (Å²) in [5.41, 5.74) is 6.54. The van der Waals surface area contributed by atoms with Crippen molar-refractivity contribution in [1.82, 2.24) is 9.55 Å². The van der Waals surface area contributed by atoms with E-state index in [9.17, 15) is 4.79 Å². The molecule has 0 fully saturated rings. The van der Waals surface area contributed by atoms with E-state index in [2.05, 4.69) is 38.7 Å². The highest BCUT2D eigenvalue weighted by Crippen LogP contribution is 2.40. The molecule has 1 aromatic heterocycles. The van der Waals surface area contributed by atoms with Gasteiger partial charge in [-0.05, 0) is 80.5 Å². The second-order valence-electron chi connectivity index (χ2n) is 9.37. The van der Waals surface area contributed by atoms with Crippen LogP contribution in [0.5, 0.6) is 11.5 Å². The number of hydrogen-bond donors (Lipinski definition) is 1. The van der Waals surface area contributed by atoms with Crippen LogP contribution in [0, 0.1) is 20.8 Å². The molecule has 0 spiro atoms. The van der Waals surface area contributed by atoms with Crippen molar-refractivity contribution in [3.05, 3.63) is 82.4 Å². The van der Waals surface area contributed by atoms with Crippen LogP contribution in [0.2, 0.25) is 0 Å². The maximum absolute atomic E-state index is 11.0.